The van der Waals surface area contributed by atoms with Crippen molar-refractivity contribution in [2.45, 2.75) is 6.54 Å². The lowest BCUT2D eigenvalue weighted by Crippen LogP contribution is -2.26. The number of ether oxygens (including phenoxy) is 1. The van der Waals surface area contributed by atoms with Crippen molar-refractivity contribution in [2.75, 3.05) is 20.7 Å². The predicted molar refractivity (Wildman–Crippen MR) is 51.6 cm³/mol. The maximum atomic E-state index is 10.9. The van der Waals surface area contributed by atoms with Gasteiger partial charge in [-0.3, -0.25) is 14.4 Å². The van der Waals surface area contributed by atoms with E-state index in [2.05, 4.69) is 9.84 Å². The minimum absolute atomic E-state index is 0.233. The van der Waals surface area contributed by atoms with Crippen molar-refractivity contribution in [2.24, 2.45) is 7.05 Å². The molecule has 0 radical (unpaired) electrons. The quantitative estimate of drug-likeness (QED) is 0.639. The van der Waals surface area contributed by atoms with Gasteiger partial charge in [-0.2, -0.15) is 5.10 Å². The van der Waals surface area contributed by atoms with Crippen molar-refractivity contribution in [3.8, 4) is 0 Å². The molecule has 0 unspecified atom stereocenters. The predicted octanol–water partition coefficient (Wildman–Crippen LogP) is 0.0249. The molecule has 0 aliphatic heterocycles. The number of hydrogen-bond acceptors (Lipinski definition) is 4. The minimum atomic E-state index is -0.233. The summed E-state index contributed by atoms with van der Waals surface area (Å²) in [6, 6.07) is 1.92. The first kappa shape index (κ1) is 10.7. The number of hydrogen-bond donors (Lipinski definition) is 0. The van der Waals surface area contributed by atoms with E-state index in [1.54, 1.807) is 4.68 Å². The monoisotopic (exact) mass is 197 g/mol. The van der Waals surface area contributed by atoms with Crippen molar-refractivity contribution in [3.63, 3.8) is 0 Å². The third-order valence-electron chi connectivity index (χ3n) is 1.83. The highest BCUT2D eigenvalue weighted by Crippen LogP contribution is 1.98. The molecule has 0 amide bonds. The topological polar surface area (TPSA) is 47.4 Å². The number of likely N-dealkylation sites (N-methyl/N-ethyl adjacent to an activating group) is 1. The van der Waals surface area contributed by atoms with Crippen molar-refractivity contribution >= 4 is 5.97 Å². The SMILES string of the molecule is COC(=O)CN(C)Cc1ccn(C)n1. The first-order valence-electron chi connectivity index (χ1n) is 4.35. The Kier molecular flexibility index (Phi) is 3.64. The molecule has 0 saturated heterocycles. The smallest absolute Gasteiger partial charge is 0.319 e. The van der Waals surface area contributed by atoms with Gasteiger partial charge < -0.3 is 4.74 Å². The van der Waals surface area contributed by atoms with Crippen LogP contribution in [-0.4, -0.2) is 41.4 Å². The lowest BCUT2D eigenvalue weighted by atomic mass is 10.4. The van der Waals surface area contributed by atoms with Crippen LogP contribution in [0.1, 0.15) is 5.69 Å². The van der Waals surface area contributed by atoms with E-state index in [-0.39, 0.29) is 12.5 Å². The number of aromatic nitrogens is 2. The van der Waals surface area contributed by atoms with Gasteiger partial charge in [0.2, 0.25) is 0 Å². The first-order chi connectivity index (χ1) is 6.61. The van der Waals surface area contributed by atoms with Gasteiger partial charge in [0.15, 0.2) is 0 Å². The largest absolute Gasteiger partial charge is 0.468 e. The number of methoxy groups -OCH3 is 1. The summed E-state index contributed by atoms with van der Waals surface area (Å²) in [6.45, 7) is 0.934. The van der Waals surface area contributed by atoms with Gasteiger partial charge in [-0.05, 0) is 13.1 Å². The second-order valence-electron chi connectivity index (χ2n) is 3.23. The zero-order chi connectivity index (χ0) is 10.6. The van der Waals surface area contributed by atoms with E-state index < -0.39 is 0 Å². The van der Waals surface area contributed by atoms with Crippen LogP contribution in [-0.2, 0) is 23.1 Å². The van der Waals surface area contributed by atoms with E-state index in [1.807, 2.05) is 31.3 Å². The van der Waals surface area contributed by atoms with Gasteiger partial charge >= 0.3 is 5.97 Å². The molecule has 14 heavy (non-hydrogen) atoms. The molecule has 0 saturated carbocycles. The van der Waals surface area contributed by atoms with Crippen LogP contribution in [0.2, 0.25) is 0 Å². The molecule has 1 aromatic rings. The molecule has 5 nitrogen and oxygen atoms in total. The number of nitrogens with zero attached hydrogens (tertiary/aromatic N) is 3. The lowest BCUT2D eigenvalue weighted by molar-refractivity contribution is -0.141. The van der Waals surface area contributed by atoms with Crippen molar-refractivity contribution in [1.82, 2.24) is 14.7 Å². The molecule has 0 N–H and O–H groups in total. The van der Waals surface area contributed by atoms with Crippen LogP contribution in [0, 0.1) is 0 Å². The summed E-state index contributed by atoms with van der Waals surface area (Å²) < 4.78 is 6.29. The zero-order valence-electron chi connectivity index (χ0n) is 8.73. The molecule has 0 fully saturated rings. The van der Waals surface area contributed by atoms with E-state index in [1.165, 1.54) is 7.11 Å². The van der Waals surface area contributed by atoms with Crippen LogP contribution < -0.4 is 0 Å². The van der Waals surface area contributed by atoms with Gasteiger partial charge in [0.05, 0.1) is 19.3 Å². The van der Waals surface area contributed by atoms with Crippen LogP contribution in [0.3, 0.4) is 0 Å². The first-order valence-corrected chi connectivity index (χ1v) is 4.35. The van der Waals surface area contributed by atoms with E-state index in [9.17, 15) is 4.79 Å². The molecular formula is C9H15N3O2. The summed E-state index contributed by atoms with van der Waals surface area (Å²) in [7, 11) is 5.10. The lowest BCUT2D eigenvalue weighted by Gasteiger charge is -2.12. The average molecular weight is 197 g/mol. The molecule has 0 aromatic carbocycles. The molecule has 1 aromatic heterocycles. The van der Waals surface area contributed by atoms with E-state index >= 15 is 0 Å². The highest BCUT2D eigenvalue weighted by Gasteiger charge is 2.07. The maximum Gasteiger partial charge on any atom is 0.319 e. The molecule has 0 atom stereocenters. The highest BCUT2D eigenvalue weighted by molar-refractivity contribution is 5.71. The molecule has 0 aliphatic rings. The zero-order valence-corrected chi connectivity index (χ0v) is 8.73. The van der Waals surface area contributed by atoms with Gasteiger partial charge in [0.25, 0.3) is 0 Å². The summed E-state index contributed by atoms with van der Waals surface area (Å²) in [6.07, 6.45) is 1.88. The molecule has 78 valence electrons. The fourth-order valence-electron chi connectivity index (χ4n) is 1.16. The van der Waals surface area contributed by atoms with Crippen molar-refractivity contribution < 1.29 is 9.53 Å². The van der Waals surface area contributed by atoms with Crippen molar-refractivity contribution in [1.29, 1.82) is 0 Å². The number of esters is 1. The molecule has 0 aliphatic carbocycles. The summed E-state index contributed by atoms with van der Waals surface area (Å²) in [5, 5.41) is 4.21. The average Bonchev–Trinajstić information content (AvgIpc) is 2.50. The fraction of sp³-hybridized carbons (Fsp3) is 0.556. The van der Waals surface area contributed by atoms with Crippen LogP contribution >= 0.6 is 0 Å². The molecule has 5 heteroatoms. The Morgan fingerprint density at radius 3 is 2.93 bits per heavy atom. The van der Waals surface area contributed by atoms with Crippen molar-refractivity contribution in [3.05, 3.63) is 18.0 Å². The Bertz CT molecular complexity index is 309. The highest BCUT2D eigenvalue weighted by atomic mass is 16.5. The van der Waals surface area contributed by atoms with Crippen LogP contribution in [0.15, 0.2) is 12.3 Å². The standard InChI is InChI=1S/C9H15N3O2/c1-11(7-9(13)14-3)6-8-4-5-12(2)10-8/h4-5H,6-7H2,1-3H3. The second-order valence-corrected chi connectivity index (χ2v) is 3.23. The van der Waals surface area contributed by atoms with E-state index in [0.717, 1.165) is 5.69 Å². The molecule has 0 spiro atoms. The van der Waals surface area contributed by atoms with Gasteiger partial charge in [-0.25, -0.2) is 0 Å². The summed E-state index contributed by atoms with van der Waals surface area (Å²) in [5.74, 6) is -0.233. The van der Waals surface area contributed by atoms with E-state index in [4.69, 9.17) is 0 Å². The normalized spacial score (nSPS) is 10.6. The Balaban J connectivity index is 2.41. The second kappa shape index (κ2) is 4.76. The van der Waals surface area contributed by atoms with Gasteiger partial charge in [-0.1, -0.05) is 0 Å². The van der Waals surface area contributed by atoms with Gasteiger partial charge in [-0.15, -0.1) is 0 Å². The maximum absolute atomic E-state index is 10.9. The minimum Gasteiger partial charge on any atom is -0.468 e. The Morgan fingerprint density at radius 1 is 1.71 bits per heavy atom. The van der Waals surface area contributed by atoms with E-state index in [0.29, 0.717) is 6.54 Å². The van der Waals surface area contributed by atoms with Crippen LogP contribution in [0.5, 0.6) is 0 Å². The van der Waals surface area contributed by atoms with Gasteiger partial charge in [0, 0.05) is 19.8 Å². The summed E-state index contributed by atoms with van der Waals surface area (Å²) >= 11 is 0. The Morgan fingerprint density at radius 2 is 2.43 bits per heavy atom. The Labute approximate surface area is 83.3 Å². The number of rotatable bonds is 4. The third-order valence-corrected chi connectivity index (χ3v) is 1.83. The number of carbonyl (C=O) groups is 1. The number of aryl methyl sites for hydroxylation is 1. The molecule has 1 rings (SSSR count). The summed E-state index contributed by atoms with van der Waals surface area (Å²) in [5.41, 5.74) is 0.943. The third kappa shape index (κ3) is 3.18. The molecule has 0 bridgehead atoms. The number of carbonyl (C=O) groups excluding carboxylic acids is 1. The summed E-state index contributed by atoms with van der Waals surface area (Å²) in [4.78, 5) is 12.8. The van der Waals surface area contributed by atoms with Crippen LogP contribution in [0.25, 0.3) is 0 Å². The Hall–Kier alpha value is -1.36. The molecule has 1 heterocycles. The van der Waals surface area contributed by atoms with Gasteiger partial charge in [0.1, 0.15) is 0 Å². The fourth-order valence-corrected chi connectivity index (χ4v) is 1.16. The van der Waals surface area contributed by atoms with Crippen LogP contribution in [0.4, 0.5) is 0 Å². The molecular weight excluding hydrogens is 182 g/mol.